The zero-order valence-corrected chi connectivity index (χ0v) is 11.6. The van der Waals surface area contributed by atoms with Gasteiger partial charge in [-0.3, -0.25) is 0 Å². The number of fused-ring (bicyclic) bond motifs is 1. The van der Waals surface area contributed by atoms with Gasteiger partial charge in [0.25, 0.3) is 0 Å². The summed E-state index contributed by atoms with van der Waals surface area (Å²) in [7, 11) is 0.942. The molecule has 0 heterocycles. The van der Waals surface area contributed by atoms with Crippen LogP contribution in [0, 0.1) is 6.92 Å². The van der Waals surface area contributed by atoms with E-state index in [-0.39, 0.29) is 0 Å². The molecule has 84 valence electrons. The lowest BCUT2D eigenvalue weighted by Gasteiger charge is -2.10. The minimum Gasteiger partial charge on any atom is -0.0936 e. The van der Waals surface area contributed by atoms with Crippen molar-refractivity contribution in [3.63, 3.8) is 0 Å². The van der Waals surface area contributed by atoms with E-state index < -0.39 is 0 Å². The third-order valence-corrected chi connectivity index (χ3v) is 3.97. The molecule has 0 bridgehead atoms. The molecule has 0 saturated carbocycles. The van der Waals surface area contributed by atoms with Crippen LogP contribution in [0.1, 0.15) is 49.8 Å². The lowest BCUT2D eigenvalue weighted by Crippen LogP contribution is -2.00. The molecule has 2 unspecified atom stereocenters. The highest BCUT2D eigenvalue weighted by atomic mass is 31.1. The Morgan fingerprint density at radius 2 is 1.93 bits per heavy atom. The maximum Gasteiger partial charge on any atom is -0.0182 e. The van der Waals surface area contributed by atoms with Crippen LogP contribution in [0.2, 0.25) is 0 Å². The SMILES string of the molecule is CC.CPc1cc(C)c2c(c1)CCC2C. The second-order valence-electron chi connectivity index (χ2n) is 4.06. The lowest BCUT2D eigenvalue weighted by atomic mass is 9.98. The van der Waals surface area contributed by atoms with Crippen molar-refractivity contribution in [3.8, 4) is 0 Å². The van der Waals surface area contributed by atoms with E-state index in [1.54, 1.807) is 11.1 Å². The summed E-state index contributed by atoms with van der Waals surface area (Å²) in [6, 6.07) is 4.80. The first kappa shape index (κ1) is 12.7. The van der Waals surface area contributed by atoms with Gasteiger partial charge in [-0.25, -0.2) is 0 Å². The van der Waals surface area contributed by atoms with Gasteiger partial charge in [0.2, 0.25) is 0 Å². The Morgan fingerprint density at radius 3 is 2.53 bits per heavy atom. The summed E-state index contributed by atoms with van der Waals surface area (Å²) in [6.07, 6.45) is 2.65. The van der Waals surface area contributed by atoms with Crippen LogP contribution < -0.4 is 5.30 Å². The zero-order valence-electron chi connectivity index (χ0n) is 10.6. The Hall–Kier alpha value is -0.350. The highest BCUT2D eigenvalue weighted by Gasteiger charge is 2.20. The van der Waals surface area contributed by atoms with Crippen molar-refractivity contribution in [2.45, 2.75) is 46.5 Å². The van der Waals surface area contributed by atoms with Crippen molar-refractivity contribution in [1.82, 2.24) is 0 Å². The van der Waals surface area contributed by atoms with Crippen LogP contribution in [0.3, 0.4) is 0 Å². The molecule has 0 spiro atoms. The minimum atomic E-state index is 0.796. The summed E-state index contributed by atoms with van der Waals surface area (Å²) in [5, 5.41) is 1.53. The molecule has 1 heteroatoms. The third kappa shape index (κ3) is 2.61. The molecule has 15 heavy (non-hydrogen) atoms. The molecule has 0 aliphatic heterocycles. The zero-order chi connectivity index (χ0) is 11.4. The number of hydrogen-bond acceptors (Lipinski definition) is 0. The van der Waals surface area contributed by atoms with Gasteiger partial charge in [-0.15, -0.1) is 0 Å². The molecule has 2 rings (SSSR count). The molecule has 0 amide bonds. The summed E-state index contributed by atoms with van der Waals surface area (Å²) in [5.74, 6) is 0.796. The quantitative estimate of drug-likeness (QED) is 0.630. The summed E-state index contributed by atoms with van der Waals surface area (Å²) in [5.41, 5.74) is 4.78. The van der Waals surface area contributed by atoms with E-state index in [0.29, 0.717) is 0 Å². The molecule has 1 aliphatic rings. The van der Waals surface area contributed by atoms with Crippen molar-refractivity contribution >= 4 is 13.9 Å². The fourth-order valence-corrected chi connectivity index (χ4v) is 3.12. The van der Waals surface area contributed by atoms with E-state index >= 15 is 0 Å². The number of benzene rings is 1. The maximum absolute atomic E-state index is 2.42. The monoisotopic (exact) mass is 222 g/mol. The van der Waals surface area contributed by atoms with Crippen molar-refractivity contribution in [2.75, 3.05) is 6.66 Å². The van der Waals surface area contributed by atoms with E-state index in [9.17, 15) is 0 Å². The van der Waals surface area contributed by atoms with Crippen LogP contribution in [-0.4, -0.2) is 6.66 Å². The summed E-state index contributed by atoms with van der Waals surface area (Å²) < 4.78 is 0. The van der Waals surface area contributed by atoms with Gasteiger partial charge >= 0.3 is 0 Å². The van der Waals surface area contributed by atoms with E-state index in [2.05, 4.69) is 32.6 Å². The minimum absolute atomic E-state index is 0.796. The molecule has 1 aromatic carbocycles. The van der Waals surface area contributed by atoms with Gasteiger partial charge in [0, 0.05) is 0 Å². The summed E-state index contributed by atoms with van der Waals surface area (Å²) >= 11 is 0. The van der Waals surface area contributed by atoms with Gasteiger partial charge in [0.1, 0.15) is 0 Å². The van der Waals surface area contributed by atoms with Crippen LogP contribution in [0.5, 0.6) is 0 Å². The van der Waals surface area contributed by atoms with E-state index in [0.717, 1.165) is 14.5 Å². The first-order chi connectivity index (χ1) is 7.22. The van der Waals surface area contributed by atoms with Crippen molar-refractivity contribution in [1.29, 1.82) is 0 Å². The number of rotatable bonds is 1. The largest absolute Gasteiger partial charge is 0.0936 e. The Labute approximate surface area is 96.3 Å². The molecule has 2 atom stereocenters. The molecular formula is C14H23P. The number of hydrogen-bond donors (Lipinski definition) is 0. The van der Waals surface area contributed by atoms with Crippen LogP contribution in [0.4, 0.5) is 0 Å². The maximum atomic E-state index is 2.42. The Bertz CT molecular complexity index is 328. The highest BCUT2D eigenvalue weighted by Crippen LogP contribution is 2.34. The molecule has 0 radical (unpaired) electrons. The van der Waals surface area contributed by atoms with Crippen LogP contribution in [-0.2, 0) is 6.42 Å². The van der Waals surface area contributed by atoms with Crippen LogP contribution in [0.15, 0.2) is 12.1 Å². The van der Waals surface area contributed by atoms with Gasteiger partial charge in [-0.1, -0.05) is 41.5 Å². The lowest BCUT2D eigenvalue weighted by molar-refractivity contribution is 0.744. The standard InChI is InChI=1S/C12H17P.C2H6/c1-8-4-5-10-7-11(13-3)6-9(2)12(8)10;1-2/h6-8,13H,4-5H2,1-3H3;1-2H3. The molecule has 0 saturated heterocycles. The molecule has 1 aromatic rings. The third-order valence-electron chi connectivity index (χ3n) is 3.10. The van der Waals surface area contributed by atoms with E-state index in [4.69, 9.17) is 0 Å². The van der Waals surface area contributed by atoms with Crippen molar-refractivity contribution < 1.29 is 0 Å². The smallest absolute Gasteiger partial charge is 0.0182 e. The first-order valence-corrected chi connectivity index (χ1v) is 7.53. The predicted octanol–water partition coefficient (Wildman–Crippen LogP) is 4.00. The topological polar surface area (TPSA) is 0 Å². The molecule has 0 fully saturated rings. The van der Waals surface area contributed by atoms with Gasteiger partial charge in [0.05, 0.1) is 0 Å². The first-order valence-electron chi connectivity index (χ1n) is 6.03. The second kappa shape index (κ2) is 5.66. The molecule has 0 N–H and O–H groups in total. The van der Waals surface area contributed by atoms with E-state index in [1.165, 1.54) is 23.7 Å². The normalized spacial score (nSPS) is 18.9. The van der Waals surface area contributed by atoms with Crippen molar-refractivity contribution in [3.05, 3.63) is 28.8 Å². The summed E-state index contributed by atoms with van der Waals surface area (Å²) in [4.78, 5) is 0. The Morgan fingerprint density at radius 1 is 1.27 bits per heavy atom. The highest BCUT2D eigenvalue weighted by molar-refractivity contribution is 7.46. The molecule has 0 nitrogen and oxygen atoms in total. The second-order valence-corrected chi connectivity index (χ2v) is 5.13. The molecular weight excluding hydrogens is 199 g/mol. The van der Waals surface area contributed by atoms with Gasteiger partial charge in [-0.05, 0) is 54.3 Å². The summed E-state index contributed by atoms with van der Waals surface area (Å²) in [6.45, 7) is 10.9. The number of aryl methyl sites for hydroxylation is 2. The molecule has 0 aromatic heterocycles. The van der Waals surface area contributed by atoms with E-state index in [1.807, 2.05) is 13.8 Å². The fraction of sp³-hybridized carbons (Fsp3) is 0.571. The van der Waals surface area contributed by atoms with Gasteiger partial charge in [-0.2, -0.15) is 0 Å². The van der Waals surface area contributed by atoms with Gasteiger partial charge < -0.3 is 0 Å². The Balaban J connectivity index is 0.000000531. The Kier molecular flexibility index (Phi) is 4.80. The van der Waals surface area contributed by atoms with Gasteiger partial charge in [0.15, 0.2) is 0 Å². The van der Waals surface area contributed by atoms with Crippen LogP contribution in [0.25, 0.3) is 0 Å². The fourth-order valence-electron chi connectivity index (χ4n) is 2.44. The van der Waals surface area contributed by atoms with Crippen molar-refractivity contribution in [2.24, 2.45) is 0 Å². The average Bonchev–Trinajstić information content (AvgIpc) is 2.63. The average molecular weight is 222 g/mol. The molecule has 1 aliphatic carbocycles. The predicted molar refractivity (Wildman–Crippen MR) is 73.1 cm³/mol. The van der Waals surface area contributed by atoms with Crippen LogP contribution >= 0.6 is 8.58 Å².